The molecule has 2 heterocycles. The first-order valence-electron chi connectivity index (χ1n) is 5.20. The van der Waals surface area contributed by atoms with E-state index in [0.717, 1.165) is 19.3 Å². The van der Waals surface area contributed by atoms with Crippen molar-refractivity contribution in [3.8, 4) is 0 Å². The highest BCUT2D eigenvalue weighted by molar-refractivity contribution is 4.98. The van der Waals surface area contributed by atoms with Gasteiger partial charge in [0, 0.05) is 18.2 Å². The predicted molar refractivity (Wildman–Crippen MR) is 49.2 cm³/mol. The summed E-state index contributed by atoms with van der Waals surface area (Å²) in [4.78, 5) is 0. The van der Waals surface area contributed by atoms with Crippen LogP contribution in [0.4, 0.5) is 0 Å². The molecule has 2 heteroatoms. The summed E-state index contributed by atoms with van der Waals surface area (Å²) in [5.74, 6) is 0. The zero-order chi connectivity index (χ0) is 8.44. The van der Waals surface area contributed by atoms with E-state index in [9.17, 15) is 0 Å². The maximum atomic E-state index is 5.54. The Kier molecular flexibility index (Phi) is 2.37. The van der Waals surface area contributed by atoms with Gasteiger partial charge in [0.2, 0.25) is 0 Å². The molecule has 1 N–H and O–H groups in total. The van der Waals surface area contributed by atoms with Gasteiger partial charge < -0.3 is 10.1 Å². The van der Waals surface area contributed by atoms with Gasteiger partial charge in [-0.3, -0.25) is 0 Å². The molecule has 2 atom stereocenters. The van der Waals surface area contributed by atoms with Crippen LogP contribution in [-0.2, 0) is 4.74 Å². The number of nitrogens with one attached hydrogen (secondary N) is 1. The molecule has 0 aromatic carbocycles. The van der Waals surface area contributed by atoms with Crippen molar-refractivity contribution in [2.24, 2.45) is 0 Å². The summed E-state index contributed by atoms with van der Waals surface area (Å²) in [7, 11) is 0. The Hall–Kier alpha value is -0.0800. The number of ether oxygens (including phenoxy) is 1. The maximum Gasteiger partial charge on any atom is 0.0648 e. The van der Waals surface area contributed by atoms with Crippen molar-refractivity contribution in [1.29, 1.82) is 0 Å². The molecule has 1 spiro atoms. The first-order chi connectivity index (χ1) is 5.85. The standard InChI is InChI=1S/C10H19NO/c1-2-9-4-6-10(11-9)5-3-7-12-8-10/h9,11H,2-8H2,1H3/t9-,10+/m0/s1. The van der Waals surface area contributed by atoms with Gasteiger partial charge in [0.25, 0.3) is 0 Å². The molecule has 2 nitrogen and oxygen atoms in total. The largest absolute Gasteiger partial charge is 0.380 e. The molecule has 0 radical (unpaired) electrons. The van der Waals surface area contributed by atoms with Gasteiger partial charge in [0.1, 0.15) is 0 Å². The minimum absolute atomic E-state index is 0.374. The molecule has 2 saturated heterocycles. The summed E-state index contributed by atoms with van der Waals surface area (Å²) in [5, 5.41) is 3.73. The van der Waals surface area contributed by atoms with Crippen LogP contribution in [0.25, 0.3) is 0 Å². The van der Waals surface area contributed by atoms with Gasteiger partial charge in [-0.1, -0.05) is 6.92 Å². The molecule has 2 aliphatic rings. The van der Waals surface area contributed by atoms with Crippen molar-refractivity contribution in [3.05, 3.63) is 0 Å². The first kappa shape index (κ1) is 8.52. The van der Waals surface area contributed by atoms with E-state index in [1.165, 1.54) is 32.1 Å². The number of hydrogen-bond acceptors (Lipinski definition) is 2. The Balaban J connectivity index is 1.94. The van der Waals surface area contributed by atoms with Crippen LogP contribution in [0.15, 0.2) is 0 Å². The quantitative estimate of drug-likeness (QED) is 0.645. The minimum atomic E-state index is 0.374. The fourth-order valence-corrected chi connectivity index (χ4v) is 2.50. The third-order valence-electron chi connectivity index (χ3n) is 3.30. The molecule has 0 aromatic rings. The smallest absolute Gasteiger partial charge is 0.0648 e. The summed E-state index contributed by atoms with van der Waals surface area (Å²) in [6, 6.07) is 0.756. The molecule has 0 aliphatic carbocycles. The zero-order valence-electron chi connectivity index (χ0n) is 7.94. The highest BCUT2D eigenvalue weighted by Crippen LogP contribution is 2.31. The van der Waals surface area contributed by atoms with E-state index in [1.807, 2.05) is 0 Å². The molecular formula is C10H19NO. The Morgan fingerprint density at radius 3 is 3.00 bits per heavy atom. The Labute approximate surface area is 74.7 Å². The van der Waals surface area contributed by atoms with Crippen molar-refractivity contribution in [1.82, 2.24) is 5.32 Å². The van der Waals surface area contributed by atoms with Crippen LogP contribution in [0.3, 0.4) is 0 Å². The lowest BCUT2D eigenvalue weighted by Crippen LogP contribution is -2.49. The van der Waals surface area contributed by atoms with Crippen LogP contribution in [0.5, 0.6) is 0 Å². The van der Waals surface area contributed by atoms with Crippen molar-refractivity contribution >= 4 is 0 Å². The summed E-state index contributed by atoms with van der Waals surface area (Å²) in [5.41, 5.74) is 0.374. The fraction of sp³-hybridized carbons (Fsp3) is 1.00. The van der Waals surface area contributed by atoms with Crippen molar-refractivity contribution in [2.45, 2.75) is 50.6 Å². The second-order valence-corrected chi connectivity index (χ2v) is 4.22. The van der Waals surface area contributed by atoms with E-state index >= 15 is 0 Å². The minimum Gasteiger partial charge on any atom is -0.380 e. The van der Waals surface area contributed by atoms with Crippen molar-refractivity contribution < 1.29 is 4.74 Å². The van der Waals surface area contributed by atoms with Crippen LogP contribution in [0.1, 0.15) is 39.0 Å². The number of hydrogen-bond donors (Lipinski definition) is 1. The summed E-state index contributed by atoms with van der Waals surface area (Å²) in [6.07, 6.45) is 6.50. The second kappa shape index (κ2) is 3.35. The fourth-order valence-electron chi connectivity index (χ4n) is 2.50. The highest BCUT2D eigenvalue weighted by Gasteiger charge is 2.38. The van der Waals surface area contributed by atoms with E-state index in [2.05, 4.69) is 12.2 Å². The molecular weight excluding hydrogens is 150 g/mol. The molecule has 0 saturated carbocycles. The monoisotopic (exact) mass is 169 g/mol. The third-order valence-corrected chi connectivity index (χ3v) is 3.30. The predicted octanol–water partition coefficient (Wildman–Crippen LogP) is 1.70. The normalized spacial score (nSPS) is 42.2. The van der Waals surface area contributed by atoms with Gasteiger partial charge in [-0.15, -0.1) is 0 Å². The Morgan fingerprint density at radius 2 is 2.42 bits per heavy atom. The lowest BCUT2D eigenvalue weighted by molar-refractivity contribution is 0.0270. The highest BCUT2D eigenvalue weighted by atomic mass is 16.5. The van der Waals surface area contributed by atoms with Gasteiger partial charge in [-0.25, -0.2) is 0 Å². The molecule has 0 aromatic heterocycles. The number of rotatable bonds is 1. The third kappa shape index (κ3) is 1.50. The van der Waals surface area contributed by atoms with E-state index in [0.29, 0.717) is 5.54 Å². The van der Waals surface area contributed by atoms with Crippen LogP contribution < -0.4 is 5.32 Å². The summed E-state index contributed by atoms with van der Waals surface area (Å²) in [6.45, 7) is 4.18. The molecule has 2 aliphatic heterocycles. The lowest BCUT2D eigenvalue weighted by Gasteiger charge is -2.34. The molecule has 0 bridgehead atoms. The second-order valence-electron chi connectivity index (χ2n) is 4.22. The average Bonchev–Trinajstić information content (AvgIpc) is 2.50. The van der Waals surface area contributed by atoms with Crippen molar-refractivity contribution in [3.63, 3.8) is 0 Å². The van der Waals surface area contributed by atoms with Gasteiger partial charge in [0.05, 0.1) is 6.61 Å². The first-order valence-corrected chi connectivity index (χ1v) is 5.20. The molecule has 0 unspecified atom stereocenters. The summed E-state index contributed by atoms with van der Waals surface area (Å²) >= 11 is 0. The Bertz CT molecular complexity index is 152. The van der Waals surface area contributed by atoms with Crippen LogP contribution >= 0.6 is 0 Å². The van der Waals surface area contributed by atoms with E-state index < -0.39 is 0 Å². The van der Waals surface area contributed by atoms with Gasteiger partial charge in [0.15, 0.2) is 0 Å². The van der Waals surface area contributed by atoms with E-state index in [4.69, 9.17) is 4.74 Å². The average molecular weight is 169 g/mol. The van der Waals surface area contributed by atoms with Crippen LogP contribution in [0.2, 0.25) is 0 Å². The maximum absolute atomic E-state index is 5.54. The van der Waals surface area contributed by atoms with Gasteiger partial charge in [-0.05, 0) is 32.1 Å². The van der Waals surface area contributed by atoms with Crippen LogP contribution in [0, 0.1) is 0 Å². The molecule has 70 valence electrons. The zero-order valence-corrected chi connectivity index (χ0v) is 7.94. The SMILES string of the molecule is CC[C@H]1CC[C@@]2(CCCOC2)N1. The van der Waals surface area contributed by atoms with Crippen LogP contribution in [-0.4, -0.2) is 24.8 Å². The Morgan fingerprint density at radius 1 is 1.50 bits per heavy atom. The summed E-state index contributed by atoms with van der Waals surface area (Å²) < 4.78 is 5.54. The van der Waals surface area contributed by atoms with E-state index in [-0.39, 0.29) is 0 Å². The topological polar surface area (TPSA) is 21.3 Å². The van der Waals surface area contributed by atoms with Gasteiger partial charge >= 0.3 is 0 Å². The molecule has 2 rings (SSSR count). The van der Waals surface area contributed by atoms with Crippen molar-refractivity contribution in [2.75, 3.05) is 13.2 Å². The van der Waals surface area contributed by atoms with E-state index in [1.54, 1.807) is 0 Å². The molecule has 2 fully saturated rings. The molecule has 0 amide bonds. The molecule has 12 heavy (non-hydrogen) atoms. The lowest BCUT2D eigenvalue weighted by atomic mass is 9.91. The van der Waals surface area contributed by atoms with Gasteiger partial charge in [-0.2, -0.15) is 0 Å².